The van der Waals surface area contributed by atoms with E-state index in [1.54, 1.807) is 13.0 Å². The molecular formula is C17H14FN3O2. The Hall–Kier alpha value is -3.02. The number of nitrogens with zero attached hydrogens (tertiary/aromatic N) is 2. The van der Waals surface area contributed by atoms with Crippen LogP contribution in [0, 0.1) is 12.7 Å². The Morgan fingerprint density at radius 2 is 2.00 bits per heavy atom. The SMILES string of the molecule is Cc1ccc(C(=O)OCc2nc(N)c3ccccc3n2)cc1F. The summed E-state index contributed by atoms with van der Waals surface area (Å²) < 4.78 is 18.6. The van der Waals surface area contributed by atoms with E-state index in [-0.39, 0.29) is 12.2 Å². The topological polar surface area (TPSA) is 78.1 Å². The summed E-state index contributed by atoms with van der Waals surface area (Å²) >= 11 is 0. The van der Waals surface area contributed by atoms with E-state index in [0.29, 0.717) is 22.7 Å². The van der Waals surface area contributed by atoms with Gasteiger partial charge in [-0.05, 0) is 36.8 Å². The minimum Gasteiger partial charge on any atom is -0.454 e. The second kappa shape index (κ2) is 6.00. The molecule has 0 radical (unpaired) electrons. The summed E-state index contributed by atoms with van der Waals surface area (Å²) in [4.78, 5) is 20.4. The van der Waals surface area contributed by atoms with E-state index in [9.17, 15) is 9.18 Å². The highest BCUT2D eigenvalue weighted by Crippen LogP contribution is 2.17. The number of aromatic nitrogens is 2. The summed E-state index contributed by atoms with van der Waals surface area (Å²) in [6.07, 6.45) is 0. The minimum absolute atomic E-state index is 0.136. The molecule has 2 N–H and O–H groups in total. The molecule has 1 heterocycles. The number of benzene rings is 2. The zero-order valence-electron chi connectivity index (χ0n) is 12.4. The Bertz CT molecular complexity index is 896. The van der Waals surface area contributed by atoms with Crippen molar-refractivity contribution in [3.63, 3.8) is 0 Å². The van der Waals surface area contributed by atoms with Crippen molar-refractivity contribution in [3.05, 3.63) is 65.2 Å². The number of nitrogens with two attached hydrogens (primary N) is 1. The van der Waals surface area contributed by atoms with Gasteiger partial charge in [-0.2, -0.15) is 0 Å². The second-order valence-corrected chi connectivity index (χ2v) is 5.08. The van der Waals surface area contributed by atoms with E-state index in [0.717, 1.165) is 11.5 Å². The first-order chi connectivity index (χ1) is 11.0. The summed E-state index contributed by atoms with van der Waals surface area (Å²) in [6, 6.07) is 11.5. The number of anilines is 1. The molecule has 3 rings (SSSR count). The van der Waals surface area contributed by atoms with Crippen LogP contribution in [0.2, 0.25) is 0 Å². The largest absolute Gasteiger partial charge is 0.454 e. The van der Waals surface area contributed by atoms with Crippen LogP contribution in [0.3, 0.4) is 0 Å². The first kappa shape index (κ1) is 14.9. The molecule has 0 saturated heterocycles. The van der Waals surface area contributed by atoms with E-state index < -0.39 is 11.8 Å². The van der Waals surface area contributed by atoms with E-state index in [2.05, 4.69) is 9.97 Å². The van der Waals surface area contributed by atoms with E-state index in [1.165, 1.54) is 12.1 Å². The zero-order chi connectivity index (χ0) is 16.4. The minimum atomic E-state index is -0.640. The number of halogens is 1. The van der Waals surface area contributed by atoms with Gasteiger partial charge in [0.25, 0.3) is 0 Å². The van der Waals surface area contributed by atoms with Gasteiger partial charge >= 0.3 is 5.97 Å². The number of carbonyl (C=O) groups is 1. The third kappa shape index (κ3) is 3.11. The highest BCUT2D eigenvalue weighted by Gasteiger charge is 2.12. The first-order valence-electron chi connectivity index (χ1n) is 6.99. The smallest absolute Gasteiger partial charge is 0.338 e. The van der Waals surface area contributed by atoms with Crippen LogP contribution in [0.4, 0.5) is 10.2 Å². The molecule has 5 nitrogen and oxygen atoms in total. The molecule has 0 amide bonds. The van der Waals surface area contributed by atoms with Crippen molar-refractivity contribution in [1.29, 1.82) is 0 Å². The number of aryl methyl sites for hydroxylation is 1. The van der Waals surface area contributed by atoms with Gasteiger partial charge in [-0.3, -0.25) is 0 Å². The molecule has 0 aliphatic carbocycles. The molecule has 0 fully saturated rings. The predicted octanol–water partition coefficient (Wildman–Crippen LogP) is 3.02. The molecule has 6 heteroatoms. The monoisotopic (exact) mass is 311 g/mol. The molecule has 0 spiro atoms. The molecule has 116 valence electrons. The second-order valence-electron chi connectivity index (χ2n) is 5.08. The Morgan fingerprint density at radius 3 is 2.78 bits per heavy atom. The third-order valence-corrected chi connectivity index (χ3v) is 3.42. The van der Waals surface area contributed by atoms with Gasteiger partial charge in [-0.25, -0.2) is 19.2 Å². The molecule has 2 aromatic carbocycles. The van der Waals surface area contributed by atoms with Crippen molar-refractivity contribution in [3.8, 4) is 0 Å². The zero-order valence-corrected chi connectivity index (χ0v) is 12.4. The molecule has 23 heavy (non-hydrogen) atoms. The lowest BCUT2D eigenvalue weighted by Gasteiger charge is -2.07. The van der Waals surface area contributed by atoms with Crippen molar-refractivity contribution in [2.45, 2.75) is 13.5 Å². The molecule has 1 aromatic heterocycles. The van der Waals surface area contributed by atoms with Crippen molar-refractivity contribution in [1.82, 2.24) is 9.97 Å². The van der Waals surface area contributed by atoms with E-state index in [1.807, 2.05) is 18.2 Å². The van der Waals surface area contributed by atoms with Gasteiger partial charge in [0.1, 0.15) is 11.6 Å². The van der Waals surface area contributed by atoms with Crippen molar-refractivity contribution in [2.24, 2.45) is 0 Å². The normalized spacial score (nSPS) is 10.7. The van der Waals surface area contributed by atoms with Gasteiger partial charge in [0, 0.05) is 5.39 Å². The number of fused-ring (bicyclic) bond motifs is 1. The molecular weight excluding hydrogens is 297 g/mol. The Labute approximate surface area is 131 Å². The van der Waals surface area contributed by atoms with E-state index >= 15 is 0 Å². The van der Waals surface area contributed by atoms with Crippen LogP contribution in [0.5, 0.6) is 0 Å². The van der Waals surface area contributed by atoms with Crippen molar-refractivity contribution >= 4 is 22.7 Å². The van der Waals surface area contributed by atoms with Crippen LogP contribution in [-0.4, -0.2) is 15.9 Å². The summed E-state index contributed by atoms with van der Waals surface area (Å²) in [7, 11) is 0. The van der Waals surface area contributed by atoms with Gasteiger partial charge in [-0.15, -0.1) is 0 Å². The molecule has 0 bridgehead atoms. The van der Waals surface area contributed by atoms with E-state index in [4.69, 9.17) is 10.5 Å². The molecule has 3 aromatic rings. The Kier molecular flexibility index (Phi) is 3.89. The highest BCUT2D eigenvalue weighted by molar-refractivity contribution is 5.89. The molecule has 0 unspecified atom stereocenters. The fraction of sp³-hybridized carbons (Fsp3) is 0.118. The summed E-state index contributed by atoms with van der Waals surface area (Å²) in [5.74, 6) is -0.477. The molecule has 0 atom stereocenters. The van der Waals surface area contributed by atoms with Gasteiger partial charge in [0.15, 0.2) is 12.4 Å². The number of rotatable bonds is 3. The number of carbonyl (C=O) groups excluding carboxylic acids is 1. The van der Waals surface area contributed by atoms with Crippen molar-refractivity contribution in [2.75, 3.05) is 5.73 Å². The Morgan fingerprint density at radius 1 is 1.22 bits per heavy atom. The van der Waals surface area contributed by atoms with Crippen LogP contribution < -0.4 is 5.73 Å². The standard InChI is InChI=1S/C17H14FN3O2/c1-10-6-7-11(8-13(10)18)17(22)23-9-15-20-14-5-3-2-4-12(14)16(19)21-15/h2-8H,9H2,1H3,(H2,19,20,21). The first-order valence-corrected chi connectivity index (χ1v) is 6.99. The number of ether oxygens (including phenoxy) is 1. The summed E-state index contributed by atoms with van der Waals surface area (Å²) in [6.45, 7) is 1.49. The number of hydrogen-bond acceptors (Lipinski definition) is 5. The molecule has 0 saturated carbocycles. The maximum Gasteiger partial charge on any atom is 0.338 e. The number of nitrogen functional groups attached to an aromatic ring is 1. The number of esters is 1. The van der Waals surface area contributed by atoms with Crippen LogP contribution in [0.1, 0.15) is 21.7 Å². The van der Waals surface area contributed by atoms with Gasteiger partial charge < -0.3 is 10.5 Å². The van der Waals surface area contributed by atoms with Crippen LogP contribution >= 0.6 is 0 Å². The van der Waals surface area contributed by atoms with Crippen LogP contribution in [0.15, 0.2) is 42.5 Å². The molecule has 0 aliphatic heterocycles. The highest BCUT2D eigenvalue weighted by atomic mass is 19.1. The van der Waals surface area contributed by atoms with Gasteiger partial charge in [0.05, 0.1) is 11.1 Å². The van der Waals surface area contributed by atoms with Crippen LogP contribution in [0.25, 0.3) is 10.9 Å². The average Bonchev–Trinajstić information content (AvgIpc) is 2.55. The van der Waals surface area contributed by atoms with Gasteiger partial charge in [0.2, 0.25) is 0 Å². The maximum absolute atomic E-state index is 13.5. The predicted molar refractivity (Wildman–Crippen MR) is 84.2 cm³/mol. The quantitative estimate of drug-likeness (QED) is 0.752. The molecule has 0 aliphatic rings. The summed E-state index contributed by atoms with van der Waals surface area (Å²) in [5.41, 5.74) is 7.15. The lowest BCUT2D eigenvalue weighted by Crippen LogP contribution is -2.09. The Balaban J connectivity index is 1.77. The summed E-state index contributed by atoms with van der Waals surface area (Å²) in [5, 5.41) is 0.739. The van der Waals surface area contributed by atoms with Crippen molar-refractivity contribution < 1.29 is 13.9 Å². The fourth-order valence-corrected chi connectivity index (χ4v) is 2.15. The van der Waals surface area contributed by atoms with Crippen LogP contribution in [-0.2, 0) is 11.3 Å². The average molecular weight is 311 g/mol. The number of para-hydroxylation sites is 1. The maximum atomic E-state index is 13.5. The fourth-order valence-electron chi connectivity index (χ4n) is 2.15. The lowest BCUT2D eigenvalue weighted by molar-refractivity contribution is 0.0462. The number of hydrogen-bond donors (Lipinski definition) is 1. The lowest BCUT2D eigenvalue weighted by atomic mass is 10.1. The third-order valence-electron chi connectivity index (χ3n) is 3.42. The van der Waals surface area contributed by atoms with Gasteiger partial charge in [-0.1, -0.05) is 18.2 Å².